The van der Waals surface area contributed by atoms with E-state index >= 15 is 0 Å². The van der Waals surface area contributed by atoms with Gasteiger partial charge < -0.3 is 14.4 Å². The molecule has 172 valence electrons. The Labute approximate surface area is 192 Å². The monoisotopic (exact) mass is 451 g/mol. The van der Waals surface area contributed by atoms with Gasteiger partial charge in [0.05, 0.1) is 0 Å². The molecule has 4 rings (SSSR count). The van der Waals surface area contributed by atoms with E-state index in [1.54, 1.807) is 29.2 Å². The minimum absolute atomic E-state index is 0.108. The molecular weight excluding hydrogens is 424 g/mol. The predicted molar refractivity (Wildman–Crippen MR) is 122 cm³/mol. The summed E-state index contributed by atoms with van der Waals surface area (Å²) in [6.07, 6.45) is 1.92. The van der Waals surface area contributed by atoms with Crippen LogP contribution in [-0.4, -0.2) is 45.8 Å². The minimum atomic E-state index is -0.590. The van der Waals surface area contributed by atoms with Crippen molar-refractivity contribution < 1.29 is 18.4 Å². The van der Waals surface area contributed by atoms with E-state index in [1.807, 2.05) is 36.7 Å². The third-order valence-electron chi connectivity index (χ3n) is 5.83. The number of benzene rings is 2. The molecule has 0 saturated carbocycles. The molecule has 0 aliphatic carbocycles. The summed E-state index contributed by atoms with van der Waals surface area (Å²) in [4.78, 5) is 29.8. The maximum atomic E-state index is 14.8. The Morgan fingerprint density at radius 1 is 1.03 bits per heavy atom. The van der Waals surface area contributed by atoms with Gasteiger partial charge in [0.25, 0.3) is 5.91 Å². The molecule has 0 saturated heterocycles. The second-order valence-electron chi connectivity index (χ2n) is 8.73. The Balaban J connectivity index is 1.64. The summed E-state index contributed by atoms with van der Waals surface area (Å²) in [6.45, 7) is 5.05. The van der Waals surface area contributed by atoms with Crippen molar-refractivity contribution in [3.05, 3.63) is 95.3 Å². The number of carbonyl (C=O) groups is 2. The fraction of sp³-hybridized carbons (Fsp3) is 0.308. The average Bonchev–Trinajstić information content (AvgIpc) is 3.26. The van der Waals surface area contributed by atoms with Gasteiger partial charge in [-0.05, 0) is 42.3 Å². The Kier molecular flexibility index (Phi) is 6.58. The molecule has 1 unspecified atom stereocenters. The van der Waals surface area contributed by atoms with Crippen LogP contribution in [0.25, 0.3) is 0 Å². The van der Waals surface area contributed by atoms with Gasteiger partial charge in [-0.3, -0.25) is 9.59 Å². The number of hydrogen-bond donors (Lipinski definition) is 0. The summed E-state index contributed by atoms with van der Waals surface area (Å²) in [5.41, 5.74) is 1.44. The first kappa shape index (κ1) is 22.7. The molecule has 1 aliphatic rings. The van der Waals surface area contributed by atoms with Crippen molar-refractivity contribution in [3.8, 4) is 0 Å². The van der Waals surface area contributed by atoms with Gasteiger partial charge in [0.1, 0.15) is 24.2 Å². The van der Waals surface area contributed by atoms with E-state index in [9.17, 15) is 18.4 Å². The number of fused-ring (bicyclic) bond motifs is 1. The first-order valence-corrected chi connectivity index (χ1v) is 11.1. The zero-order chi connectivity index (χ0) is 23.5. The standard InChI is InChI=1S/C26H27F2N3O2/c1-18(2)16-30(26(33)19-7-5-8-20(27)15-19)17-24(32)31-14-13-29-12-6-11-23(29)25(31)21-9-3-4-10-22(21)28/h3-12,15,18,25H,13-14,16-17H2,1-2H3. The number of rotatable bonds is 6. The Morgan fingerprint density at radius 3 is 2.55 bits per heavy atom. The Bertz CT molecular complexity index is 1160. The van der Waals surface area contributed by atoms with Crippen LogP contribution in [0, 0.1) is 17.6 Å². The largest absolute Gasteiger partial charge is 0.348 e. The number of nitrogens with zero attached hydrogens (tertiary/aromatic N) is 3. The molecule has 2 amide bonds. The molecule has 1 aliphatic heterocycles. The van der Waals surface area contributed by atoms with Crippen LogP contribution in [0.2, 0.25) is 0 Å². The summed E-state index contributed by atoms with van der Waals surface area (Å²) in [5.74, 6) is -1.46. The van der Waals surface area contributed by atoms with Gasteiger partial charge in [0.15, 0.2) is 0 Å². The van der Waals surface area contributed by atoms with E-state index in [2.05, 4.69) is 0 Å². The lowest BCUT2D eigenvalue weighted by atomic mass is 9.99. The van der Waals surface area contributed by atoms with Gasteiger partial charge in [-0.1, -0.05) is 38.1 Å². The molecule has 0 N–H and O–H groups in total. The van der Waals surface area contributed by atoms with Crippen LogP contribution in [-0.2, 0) is 11.3 Å². The molecule has 0 radical (unpaired) electrons. The summed E-state index contributed by atoms with van der Waals surface area (Å²) in [5, 5.41) is 0. The third kappa shape index (κ3) is 4.82. The normalized spacial score (nSPS) is 15.4. The number of amides is 2. The average molecular weight is 452 g/mol. The Hall–Kier alpha value is -3.48. The van der Waals surface area contributed by atoms with Crippen molar-refractivity contribution in [1.82, 2.24) is 14.4 Å². The number of aromatic nitrogens is 1. The van der Waals surface area contributed by atoms with E-state index in [1.165, 1.54) is 29.2 Å². The summed E-state index contributed by atoms with van der Waals surface area (Å²) >= 11 is 0. The fourth-order valence-corrected chi connectivity index (χ4v) is 4.39. The topological polar surface area (TPSA) is 45.6 Å². The fourth-order valence-electron chi connectivity index (χ4n) is 4.39. The maximum Gasteiger partial charge on any atom is 0.254 e. The summed E-state index contributed by atoms with van der Waals surface area (Å²) < 4.78 is 30.5. The lowest BCUT2D eigenvalue weighted by Crippen LogP contribution is -2.48. The van der Waals surface area contributed by atoms with E-state index in [-0.39, 0.29) is 29.8 Å². The Morgan fingerprint density at radius 2 is 1.82 bits per heavy atom. The van der Waals surface area contributed by atoms with E-state index < -0.39 is 17.8 Å². The number of halogens is 2. The second-order valence-corrected chi connectivity index (χ2v) is 8.73. The van der Waals surface area contributed by atoms with Gasteiger partial charge in [-0.15, -0.1) is 0 Å². The van der Waals surface area contributed by atoms with Crippen molar-refractivity contribution in [2.45, 2.75) is 26.4 Å². The first-order chi connectivity index (χ1) is 15.8. The van der Waals surface area contributed by atoms with Crippen LogP contribution >= 0.6 is 0 Å². The molecule has 2 heterocycles. The highest BCUT2D eigenvalue weighted by Crippen LogP contribution is 2.34. The van der Waals surface area contributed by atoms with Crippen LogP contribution in [0.3, 0.4) is 0 Å². The van der Waals surface area contributed by atoms with Gasteiger partial charge >= 0.3 is 0 Å². The van der Waals surface area contributed by atoms with Gasteiger partial charge in [0.2, 0.25) is 5.91 Å². The molecule has 5 nitrogen and oxygen atoms in total. The minimum Gasteiger partial charge on any atom is -0.348 e. The van der Waals surface area contributed by atoms with Gasteiger partial charge in [-0.25, -0.2) is 8.78 Å². The van der Waals surface area contributed by atoms with Crippen LogP contribution in [0.4, 0.5) is 8.78 Å². The zero-order valence-electron chi connectivity index (χ0n) is 18.7. The van der Waals surface area contributed by atoms with Crippen LogP contribution < -0.4 is 0 Å². The molecule has 0 spiro atoms. The molecule has 1 atom stereocenters. The first-order valence-electron chi connectivity index (χ1n) is 11.1. The molecule has 3 aromatic rings. The van der Waals surface area contributed by atoms with Crippen LogP contribution in [0.5, 0.6) is 0 Å². The predicted octanol–water partition coefficient (Wildman–Crippen LogP) is 4.50. The van der Waals surface area contributed by atoms with Crippen molar-refractivity contribution in [2.24, 2.45) is 5.92 Å². The highest BCUT2D eigenvalue weighted by molar-refractivity contribution is 5.96. The van der Waals surface area contributed by atoms with Crippen molar-refractivity contribution >= 4 is 11.8 Å². The van der Waals surface area contributed by atoms with E-state index in [4.69, 9.17) is 0 Å². The molecule has 0 fully saturated rings. The van der Waals surface area contributed by atoms with Gasteiger partial charge in [0, 0.05) is 42.7 Å². The smallest absolute Gasteiger partial charge is 0.254 e. The SMILES string of the molecule is CC(C)CN(CC(=O)N1CCn2cccc2C1c1ccccc1F)C(=O)c1cccc(F)c1. The molecule has 0 bridgehead atoms. The van der Waals surface area contributed by atoms with E-state index in [0.717, 1.165) is 5.69 Å². The van der Waals surface area contributed by atoms with E-state index in [0.29, 0.717) is 25.2 Å². The molecule has 7 heteroatoms. The number of carbonyl (C=O) groups excluding carboxylic acids is 2. The second kappa shape index (κ2) is 9.57. The van der Waals surface area contributed by atoms with Crippen LogP contribution in [0.15, 0.2) is 66.9 Å². The molecular formula is C26H27F2N3O2. The molecule has 2 aromatic carbocycles. The maximum absolute atomic E-state index is 14.8. The van der Waals surface area contributed by atoms with Gasteiger partial charge in [-0.2, -0.15) is 0 Å². The quantitative estimate of drug-likeness (QED) is 0.554. The summed E-state index contributed by atoms with van der Waals surface area (Å²) in [6, 6.07) is 15.1. The van der Waals surface area contributed by atoms with Crippen molar-refractivity contribution in [2.75, 3.05) is 19.6 Å². The highest BCUT2D eigenvalue weighted by atomic mass is 19.1. The molecule has 33 heavy (non-hydrogen) atoms. The zero-order valence-corrected chi connectivity index (χ0v) is 18.7. The van der Waals surface area contributed by atoms with Crippen molar-refractivity contribution in [1.29, 1.82) is 0 Å². The third-order valence-corrected chi connectivity index (χ3v) is 5.83. The van der Waals surface area contributed by atoms with Crippen LogP contribution in [0.1, 0.15) is 41.5 Å². The number of hydrogen-bond acceptors (Lipinski definition) is 2. The van der Waals surface area contributed by atoms with Crippen molar-refractivity contribution in [3.63, 3.8) is 0 Å². The molecule has 1 aromatic heterocycles. The highest BCUT2D eigenvalue weighted by Gasteiger charge is 2.35. The lowest BCUT2D eigenvalue weighted by molar-refractivity contribution is -0.134. The lowest BCUT2D eigenvalue weighted by Gasteiger charge is -2.38. The summed E-state index contributed by atoms with van der Waals surface area (Å²) in [7, 11) is 0.